The molecule has 1 aromatic heterocycles. The van der Waals surface area contributed by atoms with E-state index in [4.69, 9.17) is 4.74 Å². The maximum Gasteiger partial charge on any atom is 0.255 e. The van der Waals surface area contributed by atoms with Crippen LogP contribution in [-0.2, 0) is 6.42 Å². The number of ether oxygens (including phenoxy) is 1. The summed E-state index contributed by atoms with van der Waals surface area (Å²) in [4.78, 5) is 20.7. The number of para-hydroxylation sites is 2. The number of nitrogens with one attached hydrogen (secondary N) is 1. The van der Waals surface area contributed by atoms with E-state index in [9.17, 15) is 4.79 Å². The van der Waals surface area contributed by atoms with Gasteiger partial charge in [-0.2, -0.15) is 0 Å². The Morgan fingerprint density at radius 2 is 2.00 bits per heavy atom. The van der Waals surface area contributed by atoms with Crippen molar-refractivity contribution in [2.45, 2.75) is 19.3 Å². The molecule has 5 heteroatoms. The van der Waals surface area contributed by atoms with Crippen molar-refractivity contribution >= 4 is 16.8 Å². The van der Waals surface area contributed by atoms with Gasteiger partial charge in [-0.1, -0.05) is 36.4 Å². The summed E-state index contributed by atoms with van der Waals surface area (Å²) in [5, 5.41) is 0.997. The highest BCUT2D eigenvalue weighted by atomic mass is 16.5. The summed E-state index contributed by atoms with van der Waals surface area (Å²) in [6, 6.07) is 16.2. The molecule has 0 radical (unpaired) electrons. The molecule has 1 amide bonds. The largest absolute Gasteiger partial charge is 0.496 e. The van der Waals surface area contributed by atoms with Gasteiger partial charge in [-0.05, 0) is 49.4 Å². The zero-order valence-electron chi connectivity index (χ0n) is 17.9. The number of nitrogens with zero attached hydrogens (tertiary/aromatic N) is 2. The number of carbonyl (C=O) groups excluding carboxylic acids is 1. The number of piperidine rings is 1. The second-order valence-corrected chi connectivity index (χ2v) is 8.30. The molecular formula is C25H31N3O2. The predicted molar refractivity (Wildman–Crippen MR) is 121 cm³/mol. The van der Waals surface area contributed by atoms with E-state index in [1.807, 2.05) is 54.5 Å². The van der Waals surface area contributed by atoms with Gasteiger partial charge in [0.15, 0.2) is 0 Å². The minimum Gasteiger partial charge on any atom is -0.496 e. The Morgan fingerprint density at radius 3 is 2.87 bits per heavy atom. The Hall–Kier alpha value is -2.79. The van der Waals surface area contributed by atoms with Crippen LogP contribution in [0.2, 0.25) is 0 Å². The van der Waals surface area contributed by atoms with Crippen molar-refractivity contribution in [1.29, 1.82) is 0 Å². The van der Waals surface area contributed by atoms with Gasteiger partial charge in [-0.25, -0.2) is 0 Å². The number of fused-ring (bicyclic) bond motifs is 1. The molecule has 1 aliphatic heterocycles. The van der Waals surface area contributed by atoms with Crippen LogP contribution in [0.1, 0.15) is 28.8 Å². The van der Waals surface area contributed by atoms with E-state index in [1.165, 1.54) is 18.4 Å². The van der Waals surface area contributed by atoms with Gasteiger partial charge >= 0.3 is 0 Å². The van der Waals surface area contributed by atoms with Crippen molar-refractivity contribution in [2.75, 3.05) is 40.3 Å². The van der Waals surface area contributed by atoms with Crippen LogP contribution in [0.3, 0.4) is 0 Å². The number of likely N-dealkylation sites (tertiary alicyclic amines) is 1. The maximum absolute atomic E-state index is 13.0. The lowest BCUT2D eigenvalue weighted by Crippen LogP contribution is -2.42. The Balaban J connectivity index is 1.33. The van der Waals surface area contributed by atoms with Gasteiger partial charge in [0.1, 0.15) is 5.75 Å². The molecule has 1 unspecified atom stereocenters. The first-order valence-corrected chi connectivity index (χ1v) is 10.8. The van der Waals surface area contributed by atoms with Crippen LogP contribution in [0.4, 0.5) is 0 Å². The monoisotopic (exact) mass is 405 g/mol. The van der Waals surface area contributed by atoms with Crippen molar-refractivity contribution in [3.05, 3.63) is 65.9 Å². The highest BCUT2D eigenvalue weighted by molar-refractivity contribution is 6.06. The van der Waals surface area contributed by atoms with E-state index in [2.05, 4.69) is 22.0 Å². The molecule has 1 atom stereocenters. The van der Waals surface area contributed by atoms with Crippen molar-refractivity contribution < 1.29 is 9.53 Å². The molecular weight excluding hydrogens is 374 g/mol. The second-order valence-electron chi connectivity index (χ2n) is 8.30. The van der Waals surface area contributed by atoms with Crippen LogP contribution in [-0.4, -0.2) is 61.0 Å². The SMILES string of the molecule is COc1ccccc1CCN1CCCC(CN(C)C(=O)c2c[nH]c3ccccc23)C1. The molecule has 0 bridgehead atoms. The van der Waals surface area contributed by atoms with Gasteiger partial charge in [0.25, 0.3) is 5.91 Å². The molecule has 30 heavy (non-hydrogen) atoms. The molecule has 0 aliphatic carbocycles. The average molecular weight is 406 g/mol. The van der Waals surface area contributed by atoms with Crippen molar-refractivity contribution in [3.8, 4) is 5.75 Å². The van der Waals surface area contributed by atoms with Gasteiger partial charge in [0.05, 0.1) is 12.7 Å². The quantitative estimate of drug-likeness (QED) is 0.641. The van der Waals surface area contributed by atoms with Gasteiger partial charge in [-0.3, -0.25) is 4.79 Å². The number of aromatic nitrogens is 1. The normalized spacial score (nSPS) is 17.2. The van der Waals surface area contributed by atoms with Crippen molar-refractivity contribution in [1.82, 2.24) is 14.8 Å². The maximum atomic E-state index is 13.0. The third-order valence-corrected chi connectivity index (χ3v) is 6.19. The number of methoxy groups -OCH3 is 1. The van der Waals surface area contributed by atoms with Crippen LogP contribution >= 0.6 is 0 Å². The third-order valence-electron chi connectivity index (χ3n) is 6.19. The first-order valence-electron chi connectivity index (χ1n) is 10.8. The van der Waals surface area contributed by atoms with E-state index >= 15 is 0 Å². The van der Waals surface area contributed by atoms with E-state index in [-0.39, 0.29) is 5.91 Å². The van der Waals surface area contributed by atoms with Crippen LogP contribution in [0.25, 0.3) is 10.9 Å². The fraction of sp³-hybridized carbons (Fsp3) is 0.400. The fourth-order valence-electron chi connectivity index (χ4n) is 4.62. The van der Waals surface area contributed by atoms with Gasteiger partial charge in [-0.15, -0.1) is 0 Å². The molecule has 1 N–H and O–H groups in total. The standard InChI is InChI=1S/C25H31N3O2/c1-27(25(29)22-16-26-23-11-5-4-10-21(22)23)17-19-8-7-14-28(18-19)15-13-20-9-3-6-12-24(20)30-2/h3-6,9-12,16,19,26H,7-8,13-15,17-18H2,1-2H3. The van der Waals surface area contributed by atoms with Crippen molar-refractivity contribution in [2.24, 2.45) is 5.92 Å². The van der Waals surface area contributed by atoms with Crippen LogP contribution in [0.15, 0.2) is 54.7 Å². The number of benzene rings is 2. The molecule has 4 rings (SSSR count). The average Bonchev–Trinajstić information content (AvgIpc) is 3.21. The number of H-pyrrole nitrogens is 1. The van der Waals surface area contributed by atoms with Gasteiger partial charge in [0, 0.05) is 43.8 Å². The van der Waals surface area contributed by atoms with Gasteiger partial charge < -0.3 is 19.5 Å². The van der Waals surface area contributed by atoms with Gasteiger partial charge in [0.2, 0.25) is 0 Å². The summed E-state index contributed by atoms with van der Waals surface area (Å²) in [7, 11) is 3.66. The Kier molecular flexibility index (Phi) is 6.38. The van der Waals surface area contributed by atoms with E-state index < -0.39 is 0 Å². The molecule has 5 nitrogen and oxygen atoms in total. The smallest absolute Gasteiger partial charge is 0.255 e. The predicted octanol–water partition coefficient (Wildman–Crippen LogP) is 4.20. The molecule has 0 spiro atoms. The molecule has 0 saturated carbocycles. The summed E-state index contributed by atoms with van der Waals surface area (Å²) in [5.74, 6) is 1.57. The first kappa shape index (κ1) is 20.5. The summed E-state index contributed by atoms with van der Waals surface area (Å²) >= 11 is 0. The Labute approximate surface area is 178 Å². The highest BCUT2D eigenvalue weighted by Crippen LogP contribution is 2.23. The topological polar surface area (TPSA) is 48.6 Å². The molecule has 1 fully saturated rings. The number of rotatable bonds is 7. The highest BCUT2D eigenvalue weighted by Gasteiger charge is 2.24. The molecule has 1 aliphatic rings. The number of aromatic amines is 1. The fourth-order valence-corrected chi connectivity index (χ4v) is 4.62. The van der Waals surface area contributed by atoms with E-state index in [0.29, 0.717) is 5.92 Å². The molecule has 158 valence electrons. The summed E-state index contributed by atoms with van der Waals surface area (Å²) < 4.78 is 5.49. The van der Waals surface area contributed by atoms with Crippen LogP contribution in [0, 0.1) is 5.92 Å². The number of hydrogen-bond acceptors (Lipinski definition) is 3. The summed E-state index contributed by atoms with van der Waals surface area (Å²) in [6.07, 6.45) is 5.19. The Morgan fingerprint density at radius 1 is 1.20 bits per heavy atom. The number of carbonyl (C=O) groups is 1. The molecule has 2 aromatic carbocycles. The first-order chi connectivity index (χ1) is 14.7. The third kappa shape index (κ3) is 4.51. The number of hydrogen-bond donors (Lipinski definition) is 1. The molecule has 1 saturated heterocycles. The minimum absolute atomic E-state index is 0.0959. The summed E-state index contributed by atoms with van der Waals surface area (Å²) in [6.45, 7) is 3.99. The van der Waals surface area contributed by atoms with Crippen molar-refractivity contribution in [3.63, 3.8) is 0 Å². The minimum atomic E-state index is 0.0959. The van der Waals surface area contributed by atoms with E-state index in [0.717, 1.165) is 54.8 Å². The van der Waals surface area contributed by atoms with E-state index in [1.54, 1.807) is 7.11 Å². The van der Waals surface area contributed by atoms with Crippen LogP contribution < -0.4 is 4.74 Å². The lowest BCUT2D eigenvalue weighted by atomic mass is 9.96. The zero-order valence-corrected chi connectivity index (χ0v) is 17.9. The molecule has 2 heterocycles. The zero-order chi connectivity index (χ0) is 20.9. The molecule has 3 aromatic rings. The van der Waals surface area contributed by atoms with Crippen LogP contribution in [0.5, 0.6) is 5.75 Å². The lowest BCUT2D eigenvalue weighted by Gasteiger charge is -2.34. The lowest BCUT2D eigenvalue weighted by molar-refractivity contribution is 0.0732. The summed E-state index contributed by atoms with van der Waals surface area (Å²) in [5.41, 5.74) is 3.03. The number of amides is 1. The second kappa shape index (κ2) is 9.35. The Bertz CT molecular complexity index is 997.